The van der Waals surface area contributed by atoms with Gasteiger partial charge in [-0.1, -0.05) is 0 Å². The minimum absolute atomic E-state index is 0.172. The number of nitrogens with two attached hydrogens (primary N) is 2. The zero-order valence-corrected chi connectivity index (χ0v) is 9.00. The summed E-state index contributed by atoms with van der Waals surface area (Å²) >= 11 is 0. The van der Waals surface area contributed by atoms with Gasteiger partial charge in [0.15, 0.2) is 11.6 Å². The second kappa shape index (κ2) is 4.47. The van der Waals surface area contributed by atoms with Crippen LogP contribution in [0, 0.1) is 0 Å². The van der Waals surface area contributed by atoms with Gasteiger partial charge in [0.25, 0.3) is 0 Å². The Bertz CT molecular complexity index is 407. The topological polar surface area (TPSA) is 123 Å². The van der Waals surface area contributed by atoms with Crippen molar-refractivity contribution in [3.8, 4) is 0 Å². The first-order valence-electron chi connectivity index (χ1n) is 4.51. The molecule has 7 heteroatoms. The second-order valence-corrected chi connectivity index (χ2v) is 3.23. The summed E-state index contributed by atoms with van der Waals surface area (Å²) in [4.78, 5) is 25.7. The standard InChI is InChI=1S/C9H13N5O2/c1-4(15)12-8-6(10)3-7(11)9(14-8)13-5(2)16/h3H,10-11H2,1-2H3,(H2,12,13,14,15,16). The van der Waals surface area contributed by atoms with Crippen LogP contribution in [0.3, 0.4) is 0 Å². The first-order chi connectivity index (χ1) is 7.40. The van der Waals surface area contributed by atoms with E-state index in [-0.39, 0.29) is 34.8 Å². The third-order valence-electron chi connectivity index (χ3n) is 1.67. The van der Waals surface area contributed by atoms with Crippen LogP contribution in [0.15, 0.2) is 6.07 Å². The van der Waals surface area contributed by atoms with E-state index in [9.17, 15) is 9.59 Å². The Kier molecular flexibility index (Phi) is 3.29. The molecule has 0 aliphatic rings. The Hall–Kier alpha value is -2.31. The molecule has 0 aliphatic carbocycles. The van der Waals surface area contributed by atoms with E-state index in [2.05, 4.69) is 15.6 Å². The molecule has 0 aliphatic heterocycles. The van der Waals surface area contributed by atoms with Gasteiger partial charge in [-0.25, -0.2) is 4.98 Å². The van der Waals surface area contributed by atoms with Gasteiger partial charge in [-0.05, 0) is 6.07 Å². The number of nitrogens with zero attached hydrogens (tertiary/aromatic N) is 1. The van der Waals surface area contributed by atoms with E-state index < -0.39 is 0 Å². The van der Waals surface area contributed by atoms with Crippen LogP contribution in [0.25, 0.3) is 0 Å². The van der Waals surface area contributed by atoms with Crippen LogP contribution < -0.4 is 22.1 Å². The van der Waals surface area contributed by atoms with Crippen molar-refractivity contribution in [1.82, 2.24) is 4.98 Å². The molecule has 0 radical (unpaired) electrons. The van der Waals surface area contributed by atoms with Crippen LogP contribution in [0.2, 0.25) is 0 Å². The number of hydrogen-bond acceptors (Lipinski definition) is 5. The molecule has 2 amide bonds. The van der Waals surface area contributed by atoms with E-state index in [0.717, 1.165) is 0 Å². The SMILES string of the molecule is CC(=O)Nc1nc(NC(C)=O)c(N)cc1N. The molecule has 1 aromatic heterocycles. The molecule has 0 spiro atoms. The maximum absolute atomic E-state index is 10.9. The highest BCUT2D eigenvalue weighted by atomic mass is 16.2. The van der Waals surface area contributed by atoms with E-state index in [1.54, 1.807) is 0 Å². The molecule has 0 bridgehead atoms. The van der Waals surface area contributed by atoms with Crippen molar-refractivity contribution < 1.29 is 9.59 Å². The molecular weight excluding hydrogens is 210 g/mol. The smallest absolute Gasteiger partial charge is 0.222 e. The van der Waals surface area contributed by atoms with Gasteiger partial charge in [-0.2, -0.15) is 0 Å². The largest absolute Gasteiger partial charge is 0.396 e. The highest BCUT2D eigenvalue weighted by Gasteiger charge is 2.09. The molecule has 86 valence electrons. The van der Waals surface area contributed by atoms with Crippen LogP contribution in [0.4, 0.5) is 23.0 Å². The summed E-state index contributed by atoms with van der Waals surface area (Å²) in [5.74, 6) is -0.272. The summed E-state index contributed by atoms with van der Waals surface area (Å²) < 4.78 is 0. The van der Waals surface area contributed by atoms with Gasteiger partial charge in [0.2, 0.25) is 11.8 Å². The lowest BCUT2D eigenvalue weighted by molar-refractivity contribution is -0.115. The Morgan fingerprint density at radius 3 is 1.75 bits per heavy atom. The van der Waals surface area contributed by atoms with Crippen molar-refractivity contribution in [3.05, 3.63) is 6.07 Å². The predicted octanol–water partition coefficient (Wildman–Crippen LogP) is 0.163. The quantitative estimate of drug-likeness (QED) is 0.568. The summed E-state index contributed by atoms with van der Waals surface area (Å²) in [6, 6.07) is 1.42. The number of amides is 2. The minimum Gasteiger partial charge on any atom is -0.396 e. The number of carbonyl (C=O) groups excluding carboxylic acids is 2. The van der Waals surface area contributed by atoms with E-state index in [4.69, 9.17) is 11.5 Å². The van der Waals surface area contributed by atoms with Crippen molar-refractivity contribution in [3.63, 3.8) is 0 Å². The van der Waals surface area contributed by atoms with Gasteiger partial charge < -0.3 is 22.1 Å². The summed E-state index contributed by atoms with van der Waals surface area (Å²) in [7, 11) is 0. The van der Waals surface area contributed by atoms with Gasteiger partial charge in [0.1, 0.15) is 0 Å². The molecule has 1 heterocycles. The van der Waals surface area contributed by atoms with Crippen LogP contribution >= 0.6 is 0 Å². The predicted molar refractivity (Wildman–Crippen MR) is 61.7 cm³/mol. The highest BCUT2D eigenvalue weighted by Crippen LogP contribution is 2.25. The van der Waals surface area contributed by atoms with Gasteiger partial charge >= 0.3 is 0 Å². The average Bonchev–Trinajstić information content (AvgIpc) is 2.11. The fraction of sp³-hybridized carbons (Fsp3) is 0.222. The summed E-state index contributed by atoms with van der Waals surface area (Å²) in [5, 5.41) is 4.86. The van der Waals surface area contributed by atoms with Crippen LogP contribution in [0.5, 0.6) is 0 Å². The maximum atomic E-state index is 10.9. The Balaban J connectivity index is 3.10. The number of nitrogen functional groups attached to an aromatic ring is 2. The van der Waals surface area contributed by atoms with Crippen LogP contribution in [0.1, 0.15) is 13.8 Å². The lowest BCUT2D eigenvalue weighted by Gasteiger charge is -2.10. The zero-order chi connectivity index (χ0) is 12.3. The molecule has 0 fully saturated rings. The van der Waals surface area contributed by atoms with Crippen molar-refractivity contribution >= 4 is 34.8 Å². The third-order valence-corrected chi connectivity index (χ3v) is 1.67. The molecule has 16 heavy (non-hydrogen) atoms. The number of aromatic nitrogens is 1. The highest BCUT2D eigenvalue weighted by molar-refractivity contribution is 5.95. The zero-order valence-electron chi connectivity index (χ0n) is 9.00. The van der Waals surface area contributed by atoms with E-state index >= 15 is 0 Å². The molecule has 0 aromatic carbocycles. The van der Waals surface area contributed by atoms with Crippen molar-refractivity contribution in [2.75, 3.05) is 22.1 Å². The monoisotopic (exact) mass is 223 g/mol. The molecule has 0 saturated heterocycles. The summed E-state index contributed by atoms with van der Waals surface area (Å²) in [6.45, 7) is 2.66. The molecule has 6 N–H and O–H groups in total. The Labute approximate surface area is 92.2 Å². The number of rotatable bonds is 2. The van der Waals surface area contributed by atoms with E-state index in [1.165, 1.54) is 19.9 Å². The molecule has 1 aromatic rings. The third kappa shape index (κ3) is 2.84. The number of carbonyl (C=O) groups is 2. The van der Waals surface area contributed by atoms with Crippen molar-refractivity contribution in [1.29, 1.82) is 0 Å². The number of pyridine rings is 1. The minimum atomic E-state index is -0.308. The molecule has 0 saturated carbocycles. The molecule has 0 atom stereocenters. The normalized spacial score (nSPS) is 9.62. The van der Waals surface area contributed by atoms with E-state index in [0.29, 0.717) is 0 Å². The summed E-state index contributed by atoms with van der Waals surface area (Å²) in [6.07, 6.45) is 0. The van der Waals surface area contributed by atoms with Gasteiger partial charge in [-0.15, -0.1) is 0 Å². The second-order valence-electron chi connectivity index (χ2n) is 3.23. The first-order valence-corrected chi connectivity index (χ1v) is 4.51. The maximum Gasteiger partial charge on any atom is 0.222 e. The van der Waals surface area contributed by atoms with Gasteiger partial charge in [0.05, 0.1) is 11.4 Å². The average molecular weight is 223 g/mol. The molecule has 7 nitrogen and oxygen atoms in total. The Morgan fingerprint density at radius 1 is 1.06 bits per heavy atom. The Morgan fingerprint density at radius 2 is 1.44 bits per heavy atom. The van der Waals surface area contributed by atoms with Crippen molar-refractivity contribution in [2.45, 2.75) is 13.8 Å². The fourth-order valence-electron chi connectivity index (χ4n) is 1.08. The number of hydrogen-bond donors (Lipinski definition) is 4. The first kappa shape index (κ1) is 11.8. The van der Waals surface area contributed by atoms with Gasteiger partial charge in [0, 0.05) is 13.8 Å². The summed E-state index contributed by atoms with van der Waals surface area (Å²) in [5.41, 5.74) is 11.7. The molecule has 0 unspecified atom stereocenters. The fourth-order valence-corrected chi connectivity index (χ4v) is 1.08. The van der Waals surface area contributed by atoms with Crippen LogP contribution in [-0.4, -0.2) is 16.8 Å². The lowest BCUT2D eigenvalue weighted by Crippen LogP contribution is -2.14. The molecular formula is C9H13N5O2. The van der Waals surface area contributed by atoms with Gasteiger partial charge in [-0.3, -0.25) is 9.59 Å². The lowest BCUT2D eigenvalue weighted by atomic mass is 10.3. The van der Waals surface area contributed by atoms with E-state index in [1.807, 2.05) is 0 Å². The van der Waals surface area contributed by atoms with Crippen LogP contribution in [-0.2, 0) is 9.59 Å². The molecule has 1 rings (SSSR count). The van der Waals surface area contributed by atoms with Crippen molar-refractivity contribution in [2.24, 2.45) is 0 Å². The number of anilines is 4. The number of nitrogens with one attached hydrogen (secondary N) is 2.